The Kier molecular flexibility index (Phi) is 2.48. The van der Waals surface area contributed by atoms with Gasteiger partial charge in [-0.1, -0.05) is 6.92 Å². The molecule has 1 saturated heterocycles. The summed E-state index contributed by atoms with van der Waals surface area (Å²) in [4.78, 5) is 0. The zero-order valence-corrected chi connectivity index (χ0v) is 9.58. The lowest BCUT2D eigenvalue weighted by molar-refractivity contribution is 0.174. The first-order valence-electron chi connectivity index (χ1n) is 6.01. The van der Waals surface area contributed by atoms with E-state index in [9.17, 15) is 0 Å². The molecule has 1 unspecified atom stereocenters. The molecule has 1 fully saturated rings. The average Bonchev–Trinajstić information content (AvgIpc) is 2.97. The Labute approximate surface area is 95.8 Å². The Morgan fingerprint density at radius 2 is 2.12 bits per heavy atom. The Morgan fingerprint density at radius 3 is 2.81 bits per heavy atom. The molecule has 86 valence electrons. The molecule has 0 aliphatic carbocycles. The van der Waals surface area contributed by atoms with E-state index in [1.54, 1.807) is 0 Å². The highest BCUT2D eigenvalue weighted by Gasteiger charge is 2.23. The SMILES string of the molecule is CCc1cc2c(cc1C1CCNC1)OCO2. The average molecular weight is 219 g/mol. The zero-order valence-electron chi connectivity index (χ0n) is 9.58. The van der Waals surface area contributed by atoms with Crippen LogP contribution in [0.15, 0.2) is 12.1 Å². The van der Waals surface area contributed by atoms with Gasteiger partial charge in [0.05, 0.1) is 0 Å². The minimum Gasteiger partial charge on any atom is -0.454 e. The molecule has 0 bridgehead atoms. The van der Waals surface area contributed by atoms with E-state index >= 15 is 0 Å². The van der Waals surface area contributed by atoms with Gasteiger partial charge in [-0.2, -0.15) is 0 Å². The number of fused-ring (bicyclic) bond motifs is 1. The fraction of sp³-hybridized carbons (Fsp3) is 0.538. The van der Waals surface area contributed by atoms with Gasteiger partial charge < -0.3 is 14.8 Å². The van der Waals surface area contributed by atoms with Gasteiger partial charge >= 0.3 is 0 Å². The Bertz CT molecular complexity index is 397. The molecule has 1 aromatic carbocycles. The van der Waals surface area contributed by atoms with E-state index in [-0.39, 0.29) is 0 Å². The first-order valence-corrected chi connectivity index (χ1v) is 6.01. The summed E-state index contributed by atoms with van der Waals surface area (Å²) in [7, 11) is 0. The summed E-state index contributed by atoms with van der Waals surface area (Å²) >= 11 is 0. The van der Waals surface area contributed by atoms with Gasteiger partial charge in [0.2, 0.25) is 6.79 Å². The summed E-state index contributed by atoms with van der Waals surface area (Å²) in [5.41, 5.74) is 2.84. The second-order valence-corrected chi connectivity index (χ2v) is 4.45. The molecule has 3 nitrogen and oxygen atoms in total. The van der Waals surface area contributed by atoms with Crippen molar-refractivity contribution in [2.24, 2.45) is 0 Å². The Morgan fingerprint density at radius 1 is 1.31 bits per heavy atom. The fourth-order valence-corrected chi connectivity index (χ4v) is 2.61. The van der Waals surface area contributed by atoms with Crippen molar-refractivity contribution in [3.63, 3.8) is 0 Å². The minimum absolute atomic E-state index is 0.366. The monoisotopic (exact) mass is 219 g/mol. The second kappa shape index (κ2) is 3.98. The predicted molar refractivity (Wildman–Crippen MR) is 62.2 cm³/mol. The zero-order chi connectivity index (χ0) is 11.0. The normalized spacial score (nSPS) is 22.7. The van der Waals surface area contributed by atoms with Crippen LogP contribution in [0.1, 0.15) is 30.4 Å². The molecular formula is C13H17NO2. The second-order valence-electron chi connectivity index (χ2n) is 4.45. The summed E-state index contributed by atoms with van der Waals surface area (Å²) in [5.74, 6) is 2.47. The van der Waals surface area contributed by atoms with Crippen LogP contribution in [0, 0.1) is 0 Å². The lowest BCUT2D eigenvalue weighted by Crippen LogP contribution is -2.09. The third kappa shape index (κ3) is 1.55. The van der Waals surface area contributed by atoms with Gasteiger partial charge in [0, 0.05) is 6.54 Å². The Balaban J connectivity index is 2.01. The molecular weight excluding hydrogens is 202 g/mol. The summed E-state index contributed by atoms with van der Waals surface area (Å²) in [5, 5.41) is 3.42. The fourth-order valence-electron chi connectivity index (χ4n) is 2.61. The Hall–Kier alpha value is -1.22. The number of ether oxygens (including phenoxy) is 2. The minimum atomic E-state index is 0.366. The van der Waals surface area contributed by atoms with Crippen molar-refractivity contribution in [2.75, 3.05) is 19.9 Å². The molecule has 0 aromatic heterocycles. The van der Waals surface area contributed by atoms with Gasteiger partial charge in [-0.15, -0.1) is 0 Å². The highest BCUT2D eigenvalue weighted by Crippen LogP contribution is 2.38. The molecule has 3 rings (SSSR count). The maximum atomic E-state index is 5.46. The van der Waals surface area contributed by atoms with Crippen molar-refractivity contribution in [3.8, 4) is 11.5 Å². The van der Waals surface area contributed by atoms with Crippen molar-refractivity contribution in [1.29, 1.82) is 0 Å². The predicted octanol–water partition coefficient (Wildman–Crippen LogP) is 2.05. The van der Waals surface area contributed by atoms with Crippen LogP contribution in [-0.2, 0) is 6.42 Å². The number of rotatable bonds is 2. The van der Waals surface area contributed by atoms with Gasteiger partial charge in [0.25, 0.3) is 0 Å². The van der Waals surface area contributed by atoms with Gasteiger partial charge in [-0.25, -0.2) is 0 Å². The van der Waals surface area contributed by atoms with Gasteiger partial charge in [0.1, 0.15) is 0 Å². The van der Waals surface area contributed by atoms with Crippen LogP contribution < -0.4 is 14.8 Å². The van der Waals surface area contributed by atoms with Crippen molar-refractivity contribution in [3.05, 3.63) is 23.3 Å². The van der Waals surface area contributed by atoms with Gasteiger partial charge in [0.15, 0.2) is 11.5 Å². The quantitative estimate of drug-likeness (QED) is 0.825. The third-order valence-corrected chi connectivity index (χ3v) is 3.52. The number of hydrogen-bond acceptors (Lipinski definition) is 3. The summed E-state index contributed by atoms with van der Waals surface area (Å²) in [6.07, 6.45) is 2.29. The van der Waals surface area contributed by atoms with Gasteiger partial charge in [-0.05, 0) is 48.6 Å². The van der Waals surface area contributed by atoms with E-state index in [1.165, 1.54) is 17.5 Å². The standard InChI is InChI=1S/C13H17NO2/c1-2-9-5-12-13(16-8-15-12)6-11(9)10-3-4-14-7-10/h5-6,10,14H,2-4,7-8H2,1H3. The van der Waals surface area contributed by atoms with Crippen molar-refractivity contribution in [2.45, 2.75) is 25.7 Å². The molecule has 2 aliphatic rings. The number of hydrogen-bond donors (Lipinski definition) is 1. The molecule has 0 amide bonds. The van der Waals surface area contributed by atoms with E-state index in [2.05, 4.69) is 24.4 Å². The topological polar surface area (TPSA) is 30.5 Å². The highest BCUT2D eigenvalue weighted by atomic mass is 16.7. The summed E-state index contributed by atoms with van der Waals surface area (Å²) in [6, 6.07) is 4.33. The smallest absolute Gasteiger partial charge is 0.231 e. The van der Waals surface area contributed by atoms with Crippen molar-refractivity contribution in [1.82, 2.24) is 5.32 Å². The van der Waals surface area contributed by atoms with Crippen molar-refractivity contribution >= 4 is 0 Å². The van der Waals surface area contributed by atoms with Crippen LogP contribution >= 0.6 is 0 Å². The maximum absolute atomic E-state index is 5.46. The molecule has 3 heteroatoms. The molecule has 1 atom stereocenters. The molecule has 0 saturated carbocycles. The molecule has 16 heavy (non-hydrogen) atoms. The molecule has 0 spiro atoms. The lowest BCUT2D eigenvalue weighted by Gasteiger charge is -2.14. The summed E-state index contributed by atoms with van der Waals surface area (Å²) < 4.78 is 10.9. The van der Waals surface area contributed by atoms with Crippen molar-refractivity contribution < 1.29 is 9.47 Å². The number of nitrogens with one attached hydrogen (secondary N) is 1. The van der Waals surface area contributed by atoms with Crippen LogP contribution in [0.4, 0.5) is 0 Å². The molecule has 0 radical (unpaired) electrons. The van der Waals surface area contributed by atoms with E-state index in [0.717, 1.165) is 31.0 Å². The van der Waals surface area contributed by atoms with Crippen LogP contribution in [-0.4, -0.2) is 19.9 Å². The molecule has 2 heterocycles. The first-order chi connectivity index (χ1) is 7.88. The van der Waals surface area contributed by atoms with Gasteiger partial charge in [-0.3, -0.25) is 0 Å². The lowest BCUT2D eigenvalue weighted by atomic mass is 9.92. The van der Waals surface area contributed by atoms with E-state index in [0.29, 0.717) is 12.7 Å². The largest absolute Gasteiger partial charge is 0.454 e. The molecule has 2 aliphatic heterocycles. The third-order valence-electron chi connectivity index (χ3n) is 3.52. The number of aryl methyl sites for hydroxylation is 1. The molecule has 1 aromatic rings. The highest BCUT2D eigenvalue weighted by molar-refractivity contribution is 5.50. The maximum Gasteiger partial charge on any atom is 0.231 e. The van der Waals surface area contributed by atoms with Crippen LogP contribution in [0.25, 0.3) is 0 Å². The van der Waals surface area contributed by atoms with Crippen LogP contribution in [0.5, 0.6) is 11.5 Å². The van der Waals surface area contributed by atoms with Crippen LogP contribution in [0.2, 0.25) is 0 Å². The van der Waals surface area contributed by atoms with E-state index in [4.69, 9.17) is 9.47 Å². The molecule has 1 N–H and O–H groups in total. The van der Waals surface area contributed by atoms with E-state index in [1.807, 2.05) is 0 Å². The summed E-state index contributed by atoms with van der Waals surface area (Å²) in [6.45, 7) is 4.78. The first kappa shape index (κ1) is 9.97. The number of benzene rings is 1. The van der Waals surface area contributed by atoms with E-state index < -0.39 is 0 Å². The van der Waals surface area contributed by atoms with Crippen LogP contribution in [0.3, 0.4) is 0 Å².